The van der Waals surface area contributed by atoms with Crippen molar-refractivity contribution >= 4 is 33.2 Å². The number of carbonyl (C=O) groups excluding carboxylic acids is 1. The molecule has 10 heteroatoms. The number of nitrogens with one attached hydrogen (secondary N) is 1. The minimum absolute atomic E-state index is 0.126. The first kappa shape index (κ1) is 25.4. The lowest BCUT2D eigenvalue weighted by molar-refractivity contribution is -0.118. The van der Waals surface area contributed by atoms with Crippen LogP contribution in [0.2, 0.25) is 5.02 Å². The number of hydrogen-bond donors (Lipinski definition) is 1. The molecule has 0 spiro atoms. The van der Waals surface area contributed by atoms with Gasteiger partial charge in [-0.25, -0.2) is 8.42 Å². The van der Waals surface area contributed by atoms with E-state index in [1.807, 2.05) is 30.3 Å². The van der Waals surface area contributed by atoms with E-state index in [0.717, 1.165) is 5.56 Å². The maximum atomic E-state index is 12.8. The van der Waals surface area contributed by atoms with Crippen LogP contribution in [0.3, 0.4) is 0 Å². The second kappa shape index (κ2) is 11.2. The topological polar surface area (TPSA) is 94.2 Å². The van der Waals surface area contributed by atoms with Crippen LogP contribution in [0.4, 0.5) is 5.69 Å². The highest BCUT2D eigenvalue weighted by molar-refractivity contribution is 7.89. The fourth-order valence-corrected chi connectivity index (χ4v) is 4.50. The van der Waals surface area contributed by atoms with E-state index in [1.54, 1.807) is 6.07 Å². The molecular weight excluding hydrogens is 480 g/mol. The standard InChI is InChI=1S/C24H25ClN2O6S/c1-27(15-17-7-5-4-6-8-17)34(29,30)19-11-9-18(10-12-19)33-16-24(28)26-21-14-22(31-2)20(25)13-23(21)32-3/h4-14H,15-16H2,1-3H3,(H,26,28). The SMILES string of the molecule is COc1cc(NC(=O)COc2ccc(S(=O)(=O)N(C)Cc3ccccc3)cc2)c(OC)cc1Cl. The molecule has 1 N–H and O–H groups in total. The Morgan fingerprint density at radius 2 is 1.62 bits per heavy atom. The van der Waals surface area contributed by atoms with Crippen LogP contribution >= 0.6 is 11.6 Å². The molecule has 3 aromatic rings. The summed E-state index contributed by atoms with van der Waals surface area (Å²) in [6.45, 7) is -0.0470. The van der Waals surface area contributed by atoms with Crippen molar-refractivity contribution < 1.29 is 27.4 Å². The second-order valence-corrected chi connectivity index (χ2v) is 9.69. The molecule has 0 aromatic heterocycles. The number of anilines is 1. The van der Waals surface area contributed by atoms with Crippen molar-refractivity contribution in [2.45, 2.75) is 11.4 Å². The molecule has 1 amide bonds. The third-order valence-electron chi connectivity index (χ3n) is 4.90. The molecule has 0 atom stereocenters. The summed E-state index contributed by atoms with van der Waals surface area (Å²) >= 11 is 6.07. The predicted molar refractivity (Wildman–Crippen MR) is 130 cm³/mol. The zero-order chi connectivity index (χ0) is 24.7. The lowest BCUT2D eigenvalue weighted by atomic mass is 10.2. The molecule has 3 rings (SSSR count). The zero-order valence-corrected chi connectivity index (χ0v) is 20.5. The van der Waals surface area contributed by atoms with Crippen molar-refractivity contribution in [3.8, 4) is 17.2 Å². The van der Waals surface area contributed by atoms with Gasteiger partial charge in [-0.2, -0.15) is 4.31 Å². The Labute approximate surface area is 204 Å². The highest BCUT2D eigenvalue weighted by atomic mass is 35.5. The number of amides is 1. The van der Waals surface area contributed by atoms with Crippen LogP contribution in [-0.2, 0) is 21.4 Å². The van der Waals surface area contributed by atoms with Gasteiger partial charge in [-0.15, -0.1) is 0 Å². The molecule has 0 aliphatic carbocycles. The number of halogens is 1. The summed E-state index contributed by atoms with van der Waals surface area (Å²) < 4.78 is 42.9. The summed E-state index contributed by atoms with van der Waals surface area (Å²) in [7, 11) is 0.763. The fraction of sp³-hybridized carbons (Fsp3) is 0.208. The fourth-order valence-electron chi connectivity index (χ4n) is 3.11. The Bertz CT molecular complexity index is 1230. The molecule has 0 saturated carbocycles. The Kier molecular flexibility index (Phi) is 8.38. The lowest BCUT2D eigenvalue weighted by Crippen LogP contribution is -2.26. The van der Waals surface area contributed by atoms with Gasteiger partial charge >= 0.3 is 0 Å². The van der Waals surface area contributed by atoms with Gasteiger partial charge in [0.05, 0.1) is 29.8 Å². The van der Waals surface area contributed by atoms with Crippen LogP contribution in [0.1, 0.15) is 5.56 Å². The van der Waals surface area contributed by atoms with E-state index in [9.17, 15) is 13.2 Å². The summed E-state index contributed by atoms with van der Waals surface area (Å²) in [5.41, 5.74) is 1.26. The van der Waals surface area contributed by atoms with Crippen LogP contribution < -0.4 is 19.5 Å². The first-order chi connectivity index (χ1) is 16.2. The molecule has 8 nitrogen and oxygen atoms in total. The van der Waals surface area contributed by atoms with Gasteiger partial charge in [0.25, 0.3) is 5.91 Å². The smallest absolute Gasteiger partial charge is 0.262 e. The number of rotatable bonds is 10. The number of methoxy groups -OCH3 is 2. The van der Waals surface area contributed by atoms with Gasteiger partial charge < -0.3 is 19.5 Å². The molecule has 0 heterocycles. The van der Waals surface area contributed by atoms with Crippen molar-refractivity contribution in [3.63, 3.8) is 0 Å². The average molecular weight is 505 g/mol. The van der Waals surface area contributed by atoms with Gasteiger partial charge in [-0.05, 0) is 29.8 Å². The predicted octanol–water partition coefficient (Wildman–Crippen LogP) is 4.20. The zero-order valence-electron chi connectivity index (χ0n) is 18.9. The third kappa shape index (κ3) is 6.19. The quantitative estimate of drug-likeness (QED) is 0.445. The Morgan fingerprint density at radius 1 is 0.971 bits per heavy atom. The van der Waals surface area contributed by atoms with Crippen LogP contribution in [0.5, 0.6) is 17.2 Å². The molecule has 0 fully saturated rings. The van der Waals surface area contributed by atoms with E-state index in [1.165, 1.54) is 55.9 Å². The minimum atomic E-state index is -3.68. The number of nitrogens with zero attached hydrogens (tertiary/aromatic N) is 1. The molecule has 0 radical (unpaired) electrons. The normalized spacial score (nSPS) is 11.2. The molecule has 0 saturated heterocycles. The molecule has 0 aliphatic rings. The minimum Gasteiger partial charge on any atom is -0.495 e. The van der Waals surface area contributed by atoms with Gasteiger partial charge in [0, 0.05) is 25.7 Å². The van der Waals surface area contributed by atoms with Crippen molar-refractivity contribution in [1.82, 2.24) is 4.31 Å². The molecule has 34 heavy (non-hydrogen) atoms. The monoisotopic (exact) mass is 504 g/mol. The van der Waals surface area contributed by atoms with Crippen molar-refractivity contribution in [2.75, 3.05) is 33.2 Å². The van der Waals surface area contributed by atoms with Crippen molar-refractivity contribution in [2.24, 2.45) is 0 Å². The Morgan fingerprint density at radius 3 is 2.24 bits per heavy atom. The summed E-state index contributed by atoms with van der Waals surface area (Å²) in [6.07, 6.45) is 0. The summed E-state index contributed by atoms with van der Waals surface area (Å²) in [5, 5.41) is 3.02. The van der Waals surface area contributed by atoms with Gasteiger partial charge in [0.2, 0.25) is 10.0 Å². The molecule has 180 valence electrons. The molecule has 3 aromatic carbocycles. The summed E-state index contributed by atoms with van der Waals surface area (Å²) in [5.74, 6) is 0.656. The highest BCUT2D eigenvalue weighted by Crippen LogP contribution is 2.35. The second-order valence-electron chi connectivity index (χ2n) is 7.24. The molecule has 0 unspecified atom stereocenters. The lowest BCUT2D eigenvalue weighted by Gasteiger charge is -2.17. The van der Waals surface area contributed by atoms with E-state index in [0.29, 0.717) is 28.0 Å². The average Bonchev–Trinajstić information content (AvgIpc) is 2.84. The Balaban J connectivity index is 1.61. The summed E-state index contributed by atoms with van der Waals surface area (Å²) in [6, 6.07) is 18.3. The molecule has 0 aliphatic heterocycles. The van der Waals surface area contributed by atoms with E-state index < -0.39 is 15.9 Å². The van der Waals surface area contributed by atoms with E-state index in [4.69, 9.17) is 25.8 Å². The van der Waals surface area contributed by atoms with Gasteiger partial charge in [-0.1, -0.05) is 41.9 Å². The number of benzene rings is 3. The number of carbonyl (C=O) groups is 1. The Hall–Kier alpha value is -3.27. The van der Waals surface area contributed by atoms with E-state index in [2.05, 4.69) is 5.32 Å². The largest absolute Gasteiger partial charge is 0.495 e. The van der Waals surface area contributed by atoms with Crippen LogP contribution in [0, 0.1) is 0 Å². The number of sulfonamides is 1. The summed E-state index contributed by atoms with van der Waals surface area (Å²) in [4.78, 5) is 12.5. The van der Waals surface area contributed by atoms with Crippen molar-refractivity contribution in [3.05, 3.63) is 77.3 Å². The van der Waals surface area contributed by atoms with Crippen LogP contribution in [0.25, 0.3) is 0 Å². The van der Waals surface area contributed by atoms with E-state index >= 15 is 0 Å². The first-order valence-corrected chi connectivity index (χ1v) is 12.0. The van der Waals surface area contributed by atoms with Gasteiger partial charge in [-0.3, -0.25) is 4.79 Å². The molecule has 0 bridgehead atoms. The molecular formula is C24H25ClN2O6S. The van der Waals surface area contributed by atoms with Gasteiger partial charge in [0.15, 0.2) is 6.61 Å². The van der Waals surface area contributed by atoms with E-state index in [-0.39, 0.29) is 18.0 Å². The maximum absolute atomic E-state index is 12.8. The number of ether oxygens (including phenoxy) is 3. The van der Waals surface area contributed by atoms with Crippen LogP contribution in [0.15, 0.2) is 71.6 Å². The third-order valence-corrected chi connectivity index (χ3v) is 7.01. The van der Waals surface area contributed by atoms with Gasteiger partial charge in [0.1, 0.15) is 17.2 Å². The van der Waals surface area contributed by atoms with Crippen molar-refractivity contribution in [1.29, 1.82) is 0 Å². The maximum Gasteiger partial charge on any atom is 0.262 e. The number of hydrogen-bond acceptors (Lipinski definition) is 6. The van der Waals surface area contributed by atoms with Crippen LogP contribution in [-0.4, -0.2) is 46.5 Å². The first-order valence-electron chi connectivity index (χ1n) is 10.2. The highest BCUT2D eigenvalue weighted by Gasteiger charge is 2.21.